The van der Waals surface area contributed by atoms with Gasteiger partial charge in [-0.25, -0.2) is 9.97 Å². The molecule has 4 aromatic rings. The van der Waals surface area contributed by atoms with Gasteiger partial charge >= 0.3 is 0 Å². The predicted molar refractivity (Wildman–Crippen MR) is 102 cm³/mol. The fourth-order valence-electron chi connectivity index (χ4n) is 2.66. The number of furan rings is 1. The van der Waals surface area contributed by atoms with Crippen LogP contribution in [-0.2, 0) is 11.3 Å². The fourth-order valence-corrected chi connectivity index (χ4v) is 2.66. The molecule has 0 saturated heterocycles. The highest BCUT2D eigenvalue weighted by atomic mass is 16.3. The van der Waals surface area contributed by atoms with Crippen LogP contribution in [0.4, 0.5) is 5.82 Å². The number of hydrogen-bond acceptors (Lipinski definition) is 6. The van der Waals surface area contributed by atoms with E-state index in [1.54, 1.807) is 24.7 Å². The second kappa shape index (κ2) is 7.65. The maximum Gasteiger partial charge on any atom is 0.239 e. The van der Waals surface area contributed by atoms with Crippen LogP contribution in [0.15, 0.2) is 71.6 Å². The van der Waals surface area contributed by atoms with E-state index < -0.39 is 0 Å². The lowest BCUT2D eigenvalue weighted by Gasteiger charge is -2.11. The molecule has 0 spiro atoms. The summed E-state index contributed by atoms with van der Waals surface area (Å²) in [6.45, 7) is 0.438. The molecule has 0 fully saturated rings. The van der Waals surface area contributed by atoms with Gasteiger partial charge in [0.05, 0.1) is 24.9 Å². The zero-order valence-corrected chi connectivity index (χ0v) is 14.4. The maximum atomic E-state index is 12.1. The van der Waals surface area contributed by atoms with Crippen molar-refractivity contribution in [1.82, 2.24) is 20.3 Å². The van der Waals surface area contributed by atoms with Crippen LogP contribution >= 0.6 is 0 Å². The van der Waals surface area contributed by atoms with Gasteiger partial charge in [-0.05, 0) is 36.4 Å². The summed E-state index contributed by atoms with van der Waals surface area (Å²) in [6, 6.07) is 15.0. The molecule has 2 N–H and O–H groups in total. The highest BCUT2D eigenvalue weighted by Crippen LogP contribution is 2.24. The Bertz CT molecular complexity index is 1050. The number of para-hydroxylation sites is 1. The quantitative estimate of drug-likeness (QED) is 0.550. The fraction of sp³-hybridized carbons (Fsp3) is 0.100. The van der Waals surface area contributed by atoms with Crippen molar-refractivity contribution in [3.05, 3.63) is 72.9 Å². The molecule has 7 heteroatoms. The zero-order chi connectivity index (χ0) is 18.5. The number of benzene rings is 1. The average Bonchev–Trinajstić information content (AvgIpc) is 3.24. The number of hydrogen-bond donors (Lipinski definition) is 2. The molecule has 0 unspecified atom stereocenters. The first-order valence-electron chi connectivity index (χ1n) is 8.50. The van der Waals surface area contributed by atoms with Crippen molar-refractivity contribution >= 4 is 22.6 Å². The average molecular weight is 359 g/mol. The number of amides is 1. The topological polar surface area (TPSA) is 92.9 Å². The lowest BCUT2D eigenvalue weighted by Crippen LogP contribution is -2.29. The molecular formula is C20H17N5O2. The van der Waals surface area contributed by atoms with Gasteiger partial charge in [-0.1, -0.05) is 12.1 Å². The third-order valence-electron chi connectivity index (χ3n) is 3.98. The maximum absolute atomic E-state index is 12.1. The van der Waals surface area contributed by atoms with Gasteiger partial charge in [-0.15, -0.1) is 0 Å². The van der Waals surface area contributed by atoms with Crippen molar-refractivity contribution in [1.29, 1.82) is 0 Å². The second-order valence-electron chi connectivity index (χ2n) is 5.86. The number of rotatable bonds is 6. The van der Waals surface area contributed by atoms with Gasteiger partial charge in [0.25, 0.3) is 0 Å². The third-order valence-corrected chi connectivity index (χ3v) is 3.98. The minimum Gasteiger partial charge on any atom is -0.467 e. The summed E-state index contributed by atoms with van der Waals surface area (Å²) in [4.78, 5) is 25.4. The van der Waals surface area contributed by atoms with Gasteiger partial charge in [-0.2, -0.15) is 0 Å². The van der Waals surface area contributed by atoms with Gasteiger partial charge in [0, 0.05) is 23.3 Å². The zero-order valence-electron chi connectivity index (χ0n) is 14.4. The van der Waals surface area contributed by atoms with Gasteiger partial charge in [0.15, 0.2) is 5.82 Å². The Kier molecular flexibility index (Phi) is 4.74. The molecule has 3 aromatic heterocycles. The highest BCUT2D eigenvalue weighted by Gasteiger charge is 2.10. The number of nitrogens with zero attached hydrogens (tertiary/aromatic N) is 3. The minimum absolute atomic E-state index is 0.0915. The Morgan fingerprint density at radius 1 is 1.04 bits per heavy atom. The van der Waals surface area contributed by atoms with Crippen LogP contribution in [0, 0.1) is 0 Å². The number of carbonyl (C=O) groups is 1. The molecule has 7 nitrogen and oxygen atoms in total. The number of anilines is 1. The lowest BCUT2D eigenvalue weighted by atomic mass is 10.2. The third kappa shape index (κ3) is 3.92. The van der Waals surface area contributed by atoms with Gasteiger partial charge in [0.1, 0.15) is 11.6 Å². The summed E-state index contributed by atoms with van der Waals surface area (Å²) in [5.74, 6) is 1.71. The first-order valence-corrected chi connectivity index (χ1v) is 8.50. The number of aromatic nitrogens is 3. The van der Waals surface area contributed by atoms with Crippen LogP contribution in [0.2, 0.25) is 0 Å². The van der Waals surface area contributed by atoms with Crippen LogP contribution in [0.3, 0.4) is 0 Å². The smallest absolute Gasteiger partial charge is 0.239 e. The van der Waals surface area contributed by atoms with E-state index in [1.165, 1.54) is 0 Å². The molecule has 0 radical (unpaired) electrons. The standard InChI is InChI=1S/C20H17N5O2/c26-18(22-12-15-6-4-10-27-15)13-23-20-16-7-1-2-8-17(16)24-19(25-20)14-5-3-9-21-11-14/h1-11H,12-13H2,(H,22,26)(H,23,24,25). The van der Waals surface area contributed by atoms with Crippen molar-refractivity contribution in [3.63, 3.8) is 0 Å². The monoisotopic (exact) mass is 359 g/mol. The Balaban J connectivity index is 1.54. The first kappa shape index (κ1) is 16.7. The molecule has 134 valence electrons. The summed E-state index contributed by atoms with van der Waals surface area (Å²) in [7, 11) is 0. The number of fused-ring (bicyclic) bond motifs is 1. The molecule has 0 aliphatic heterocycles. The number of nitrogens with one attached hydrogen (secondary N) is 2. The van der Waals surface area contributed by atoms with Crippen LogP contribution in [0.5, 0.6) is 0 Å². The Labute approximate surface area is 155 Å². The SMILES string of the molecule is O=C(CNc1nc(-c2cccnc2)nc2ccccc12)NCc1ccco1. The molecule has 0 aliphatic rings. The van der Waals surface area contributed by atoms with E-state index in [9.17, 15) is 4.79 Å². The summed E-state index contributed by atoms with van der Waals surface area (Å²) < 4.78 is 5.21. The predicted octanol–water partition coefficient (Wildman–Crippen LogP) is 3.01. The molecule has 0 bridgehead atoms. The van der Waals surface area contributed by atoms with E-state index in [1.807, 2.05) is 42.5 Å². The van der Waals surface area contributed by atoms with Crippen molar-refractivity contribution < 1.29 is 9.21 Å². The number of pyridine rings is 1. The van der Waals surface area contributed by atoms with E-state index in [2.05, 4.69) is 25.6 Å². The molecule has 1 aromatic carbocycles. The van der Waals surface area contributed by atoms with Gasteiger partial charge in [-0.3, -0.25) is 9.78 Å². The van der Waals surface area contributed by atoms with Crippen molar-refractivity contribution in [2.24, 2.45) is 0 Å². The molecule has 3 heterocycles. The normalized spacial score (nSPS) is 10.7. The van der Waals surface area contributed by atoms with Crippen LogP contribution in [-0.4, -0.2) is 27.4 Å². The molecule has 0 saturated carbocycles. The minimum atomic E-state index is -0.156. The van der Waals surface area contributed by atoms with Crippen molar-refractivity contribution in [2.45, 2.75) is 6.54 Å². The van der Waals surface area contributed by atoms with Crippen molar-refractivity contribution in [3.8, 4) is 11.4 Å². The largest absolute Gasteiger partial charge is 0.467 e. The molecule has 0 atom stereocenters. The molecule has 1 amide bonds. The Morgan fingerprint density at radius 3 is 2.78 bits per heavy atom. The van der Waals surface area contributed by atoms with E-state index >= 15 is 0 Å². The van der Waals surface area contributed by atoms with E-state index in [4.69, 9.17) is 4.42 Å². The second-order valence-corrected chi connectivity index (χ2v) is 5.86. The molecule has 0 aliphatic carbocycles. The number of carbonyl (C=O) groups excluding carboxylic acids is 1. The lowest BCUT2D eigenvalue weighted by molar-refractivity contribution is -0.119. The molecule has 4 rings (SSSR count). The first-order chi connectivity index (χ1) is 13.3. The molecular weight excluding hydrogens is 342 g/mol. The van der Waals surface area contributed by atoms with Crippen LogP contribution < -0.4 is 10.6 Å². The molecule has 27 heavy (non-hydrogen) atoms. The van der Waals surface area contributed by atoms with E-state index in [-0.39, 0.29) is 12.5 Å². The Hall–Kier alpha value is -3.74. The van der Waals surface area contributed by atoms with Gasteiger partial charge in [0.2, 0.25) is 5.91 Å². The summed E-state index contributed by atoms with van der Waals surface area (Å²) >= 11 is 0. The van der Waals surface area contributed by atoms with Crippen molar-refractivity contribution in [2.75, 3.05) is 11.9 Å². The summed E-state index contributed by atoms with van der Waals surface area (Å²) in [5, 5.41) is 6.77. The summed E-state index contributed by atoms with van der Waals surface area (Å²) in [6.07, 6.45) is 4.99. The summed E-state index contributed by atoms with van der Waals surface area (Å²) in [5.41, 5.74) is 1.61. The Morgan fingerprint density at radius 2 is 1.96 bits per heavy atom. The van der Waals surface area contributed by atoms with E-state index in [0.717, 1.165) is 16.5 Å². The highest BCUT2D eigenvalue weighted by molar-refractivity contribution is 5.92. The van der Waals surface area contributed by atoms with Gasteiger partial charge < -0.3 is 15.1 Å². The van der Waals surface area contributed by atoms with Crippen LogP contribution in [0.1, 0.15) is 5.76 Å². The van der Waals surface area contributed by atoms with Crippen LogP contribution in [0.25, 0.3) is 22.3 Å². The van der Waals surface area contributed by atoms with E-state index in [0.29, 0.717) is 23.9 Å².